The molecule has 0 bridgehead atoms. The Morgan fingerprint density at radius 3 is 2.28 bits per heavy atom. The quantitative estimate of drug-likeness (QED) is 0.454. The number of ether oxygens (including phenoxy) is 3. The summed E-state index contributed by atoms with van der Waals surface area (Å²) in [5.74, 6) is 0.770. The van der Waals surface area contributed by atoms with E-state index in [1.807, 2.05) is 25.1 Å². The Balaban J connectivity index is 1.62. The van der Waals surface area contributed by atoms with E-state index in [2.05, 4.69) is 26.6 Å². The fourth-order valence-corrected chi connectivity index (χ4v) is 3.45. The maximum Gasteiger partial charge on any atom is 0.262 e. The van der Waals surface area contributed by atoms with E-state index in [9.17, 15) is 9.59 Å². The number of carbonyl (C=O) groups is 2. The molecule has 0 spiro atoms. The molecule has 0 aromatic heterocycles. The summed E-state index contributed by atoms with van der Waals surface area (Å²) in [6.45, 7) is 1.75. The fraction of sp³-hybridized carbons (Fsp3) is 0.167. The third-order valence-electron chi connectivity index (χ3n) is 4.53. The standard InChI is InChI=1S/C24H23BrN2O5/c1-15-4-10-20(19(25)12-15)27-24(29)16-5-11-21(22(13-16)31-3)32-14-23(28)26-17-6-8-18(30-2)9-7-17/h4-13H,14H2,1-3H3,(H,26,28)(H,27,29). The van der Waals surface area contributed by atoms with E-state index in [1.165, 1.54) is 7.11 Å². The highest BCUT2D eigenvalue weighted by Gasteiger charge is 2.14. The van der Waals surface area contributed by atoms with E-state index < -0.39 is 0 Å². The number of aryl methyl sites for hydroxylation is 1. The van der Waals surface area contributed by atoms with Crippen molar-refractivity contribution in [3.05, 3.63) is 76.3 Å². The molecule has 3 aromatic carbocycles. The molecule has 0 aliphatic heterocycles. The van der Waals surface area contributed by atoms with Gasteiger partial charge in [-0.05, 0) is 83.0 Å². The Hall–Kier alpha value is -3.52. The first-order valence-corrected chi connectivity index (χ1v) is 10.5. The number of methoxy groups -OCH3 is 2. The summed E-state index contributed by atoms with van der Waals surface area (Å²) in [5, 5.41) is 5.59. The third kappa shape index (κ3) is 6.01. The highest BCUT2D eigenvalue weighted by Crippen LogP contribution is 2.29. The van der Waals surface area contributed by atoms with Crippen molar-refractivity contribution in [2.75, 3.05) is 31.5 Å². The Kier molecular flexibility index (Phi) is 7.72. The van der Waals surface area contributed by atoms with Crippen LogP contribution in [0.5, 0.6) is 17.2 Å². The van der Waals surface area contributed by atoms with Crippen LogP contribution in [0.4, 0.5) is 11.4 Å². The van der Waals surface area contributed by atoms with E-state index in [0.29, 0.717) is 34.2 Å². The number of amides is 2. The number of rotatable bonds is 8. The van der Waals surface area contributed by atoms with Crippen LogP contribution in [-0.2, 0) is 4.79 Å². The molecule has 0 radical (unpaired) electrons. The largest absolute Gasteiger partial charge is 0.497 e. The van der Waals surface area contributed by atoms with Crippen LogP contribution < -0.4 is 24.8 Å². The first-order chi connectivity index (χ1) is 15.4. The van der Waals surface area contributed by atoms with Crippen LogP contribution >= 0.6 is 15.9 Å². The summed E-state index contributed by atoms with van der Waals surface area (Å²) in [6.07, 6.45) is 0. The van der Waals surface area contributed by atoms with Crippen molar-refractivity contribution in [2.24, 2.45) is 0 Å². The number of hydrogen-bond donors (Lipinski definition) is 2. The highest BCUT2D eigenvalue weighted by molar-refractivity contribution is 9.10. The lowest BCUT2D eigenvalue weighted by atomic mass is 10.1. The molecule has 2 amide bonds. The number of halogens is 1. The predicted octanol–water partition coefficient (Wildman–Crippen LogP) is 5.04. The lowest BCUT2D eigenvalue weighted by Crippen LogP contribution is -2.20. The monoisotopic (exact) mass is 498 g/mol. The molecule has 0 saturated heterocycles. The molecule has 32 heavy (non-hydrogen) atoms. The summed E-state index contributed by atoms with van der Waals surface area (Å²) in [4.78, 5) is 24.8. The zero-order valence-electron chi connectivity index (χ0n) is 17.9. The van der Waals surface area contributed by atoms with Gasteiger partial charge in [0, 0.05) is 15.7 Å². The minimum atomic E-state index is -0.330. The van der Waals surface area contributed by atoms with Crippen molar-refractivity contribution in [3.63, 3.8) is 0 Å². The van der Waals surface area contributed by atoms with Crippen molar-refractivity contribution in [1.29, 1.82) is 0 Å². The van der Waals surface area contributed by atoms with Crippen LogP contribution in [0.3, 0.4) is 0 Å². The fourth-order valence-electron chi connectivity index (χ4n) is 2.86. The van der Waals surface area contributed by atoms with Crippen LogP contribution in [0.25, 0.3) is 0 Å². The summed E-state index contributed by atoms with van der Waals surface area (Å²) < 4.78 is 16.8. The molecular formula is C24H23BrN2O5. The Morgan fingerprint density at radius 2 is 1.62 bits per heavy atom. The van der Waals surface area contributed by atoms with Crippen molar-refractivity contribution in [1.82, 2.24) is 0 Å². The van der Waals surface area contributed by atoms with Crippen LogP contribution in [0.2, 0.25) is 0 Å². The molecule has 0 unspecified atom stereocenters. The minimum Gasteiger partial charge on any atom is -0.497 e. The SMILES string of the molecule is COc1ccc(NC(=O)COc2ccc(C(=O)Nc3ccc(C)cc3Br)cc2OC)cc1. The van der Waals surface area contributed by atoms with E-state index in [-0.39, 0.29) is 18.4 Å². The van der Waals surface area contributed by atoms with Crippen LogP contribution in [0.1, 0.15) is 15.9 Å². The zero-order valence-corrected chi connectivity index (χ0v) is 19.5. The van der Waals surface area contributed by atoms with Gasteiger partial charge in [-0.2, -0.15) is 0 Å². The number of benzene rings is 3. The molecule has 0 aliphatic carbocycles. The van der Waals surface area contributed by atoms with Gasteiger partial charge < -0.3 is 24.8 Å². The number of anilines is 2. The van der Waals surface area contributed by atoms with Gasteiger partial charge in [-0.25, -0.2) is 0 Å². The van der Waals surface area contributed by atoms with Gasteiger partial charge >= 0.3 is 0 Å². The summed E-state index contributed by atoms with van der Waals surface area (Å²) in [7, 11) is 3.04. The molecule has 7 nitrogen and oxygen atoms in total. The Labute approximate surface area is 194 Å². The molecule has 0 fully saturated rings. The van der Waals surface area contributed by atoms with Crippen molar-refractivity contribution >= 4 is 39.1 Å². The van der Waals surface area contributed by atoms with Crippen LogP contribution in [0, 0.1) is 6.92 Å². The second-order valence-electron chi connectivity index (χ2n) is 6.87. The van der Waals surface area contributed by atoms with E-state index in [1.54, 1.807) is 49.6 Å². The molecule has 8 heteroatoms. The van der Waals surface area contributed by atoms with Gasteiger partial charge in [0.1, 0.15) is 5.75 Å². The molecule has 0 saturated carbocycles. The third-order valence-corrected chi connectivity index (χ3v) is 5.19. The Morgan fingerprint density at radius 1 is 0.875 bits per heavy atom. The predicted molar refractivity (Wildman–Crippen MR) is 127 cm³/mol. The first kappa shape index (κ1) is 23.1. The second-order valence-corrected chi connectivity index (χ2v) is 7.72. The van der Waals surface area contributed by atoms with Gasteiger partial charge in [-0.15, -0.1) is 0 Å². The maximum absolute atomic E-state index is 12.6. The number of hydrogen-bond acceptors (Lipinski definition) is 5. The molecular weight excluding hydrogens is 476 g/mol. The number of carbonyl (C=O) groups excluding carboxylic acids is 2. The van der Waals surface area contributed by atoms with Crippen molar-refractivity contribution in [3.8, 4) is 17.2 Å². The normalized spacial score (nSPS) is 10.2. The number of nitrogens with one attached hydrogen (secondary N) is 2. The lowest BCUT2D eigenvalue weighted by Gasteiger charge is -2.13. The van der Waals surface area contributed by atoms with Gasteiger partial charge in [0.05, 0.1) is 19.9 Å². The topological polar surface area (TPSA) is 85.9 Å². The maximum atomic E-state index is 12.6. The molecule has 0 aliphatic rings. The smallest absolute Gasteiger partial charge is 0.262 e. The summed E-state index contributed by atoms with van der Waals surface area (Å²) >= 11 is 3.45. The van der Waals surface area contributed by atoms with Crippen LogP contribution in [-0.4, -0.2) is 32.6 Å². The molecule has 3 aromatic rings. The van der Waals surface area contributed by atoms with Gasteiger partial charge in [0.25, 0.3) is 11.8 Å². The molecule has 0 heterocycles. The highest BCUT2D eigenvalue weighted by atomic mass is 79.9. The van der Waals surface area contributed by atoms with Gasteiger partial charge in [-0.3, -0.25) is 9.59 Å². The average Bonchev–Trinajstić information content (AvgIpc) is 2.79. The van der Waals surface area contributed by atoms with Gasteiger partial charge in [0.15, 0.2) is 18.1 Å². The molecule has 166 valence electrons. The van der Waals surface area contributed by atoms with Gasteiger partial charge in [-0.1, -0.05) is 6.07 Å². The lowest BCUT2D eigenvalue weighted by molar-refractivity contribution is -0.118. The summed E-state index contributed by atoms with van der Waals surface area (Å²) in [5.41, 5.74) is 2.76. The molecule has 0 atom stereocenters. The van der Waals surface area contributed by atoms with E-state index in [0.717, 1.165) is 10.0 Å². The second kappa shape index (κ2) is 10.7. The van der Waals surface area contributed by atoms with Crippen molar-refractivity contribution < 1.29 is 23.8 Å². The molecule has 2 N–H and O–H groups in total. The van der Waals surface area contributed by atoms with E-state index in [4.69, 9.17) is 14.2 Å². The molecule has 3 rings (SSSR count). The zero-order chi connectivity index (χ0) is 23.1. The van der Waals surface area contributed by atoms with Crippen molar-refractivity contribution in [2.45, 2.75) is 6.92 Å². The van der Waals surface area contributed by atoms with Crippen LogP contribution in [0.15, 0.2) is 65.1 Å². The van der Waals surface area contributed by atoms with Gasteiger partial charge in [0.2, 0.25) is 0 Å². The first-order valence-electron chi connectivity index (χ1n) is 9.72. The van der Waals surface area contributed by atoms with E-state index >= 15 is 0 Å². The minimum absolute atomic E-state index is 0.218. The Bertz CT molecular complexity index is 1120. The summed E-state index contributed by atoms with van der Waals surface area (Å²) in [6, 6.07) is 17.4. The average molecular weight is 499 g/mol.